The van der Waals surface area contributed by atoms with Crippen LogP contribution in [0.3, 0.4) is 0 Å². The molecular formula is C7H5F4N. The fourth-order valence-electron chi connectivity index (χ4n) is 0.787. The number of pyridine rings is 1. The number of alkyl halides is 3. The van der Waals surface area contributed by atoms with Crippen LogP contribution < -0.4 is 0 Å². The minimum atomic E-state index is -2.87. The fourth-order valence-corrected chi connectivity index (χ4v) is 0.787. The molecule has 0 saturated heterocycles. The Morgan fingerprint density at radius 3 is 2.58 bits per heavy atom. The molecule has 0 amide bonds. The van der Waals surface area contributed by atoms with Crippen LogP contribution in [-0.2, 0) is 6.67 Å². The van der Waals surface area contributed by atoms with Gasteiger partial charge >= 0.3 is 0 Å². The zero-order valence-electron chi connectivity index (χ0n) is 5.90. The Bertz CT molecular complexity index is 274. The van der Waals surface area contributed by atoms with Crippen molar-refractivity contribution < 1.29 is 17.6 Å². The first kappa shape index (κ1) is 8.96. The van der Waals surface area contributed by atoms with Crippen molar-refractivity contribution in [3.8, 4) is 0 Å². The number of rotatable bonds is 2. The van der Waals surface area contributed by atoms with Gasteiger partial charge in [-0.25, -0.2) is 18.2 Å². The van der Waals surface area contributed by atoms with Crippen molar-refractivity contribution in [2.24, 2.45) is 0 Å². The van der Waals surface area contributed by atoms with Gasteiger partial charge < -0.3 is 0 Å². The Hall–Kier alpha value is -1.13. The summed E-state index contributed by atoms with van der Waals surface area (Å²) in [5.41, 5.74) is -0.906. The summed E-state index contributed by atoms with van der Waals surface area (Å²) in [5.74, 6) is -1.03. The van der Waals surface area contributed by atoms with Crippen LogP contribution in [0, 0.1) is 5.95 Å². The molecule has 5 heteroatoms. The van der Waals surface area contributed by atoms with Gasteiger partial charge in [-0.3, -0.25) is 0 Å². The van der Waals surface area contributed by atoms with E-state index < -0.39 is 24.6 Å². The maximum absolute atomic E-state index is 12.3. The van der Waals surface area contributed by atoms with Crippen molar-refractivity contribution in [3.63, 3.8) is 0 Å². The van der Waals surface area contributed by atoms with Crippen molar-refractivity contribution in [1.82, 2.24) is 4.98 Å². The van der Waals surface area contributed by atoms with E-state index in [-0.39, 0.29) is 5.56 Å². The van der Waals surface area contributed by atoms with Crippen LogP contribution in [0.2, 0.25) is 0 Å². The molecule has 0 unspecified atom stereocenters. The van der Waals surface area contributed by atoms with Crippen LogP contribution in [0.15, 0.2) is 12.3 Å². The molecule has 1 rings (SSSR count). The van der Waals surface area contributed by atoms with E-state index in [0.29, 0.717) is 6.07 Å². The normalized spacial score (nSPS) is 10.8. The Morgan fingerprint density at radius 2 is 2.08 bits per heavy atom. The highest BCUT2D eigenvalue weighted by atomic mass is 19.3. The van der Waals surface area contributed by atoms with E-state index in [1.807, 2.05) is 0 Å². The second-order valence-electron chi connectivity index (χ2n) is 2.14. The molecule has 1 heterocycles. The largest absolute Gasteiger partial charge is 0.264 e. The van der Waals surface area contributed by atoms with Crippen LogP contribution >= 0.6 is 0 Å². The fraction of sp³-hybridized carbons (Fsp3) is 0.286. The molecule has 0 saturated carbocycles. The van der Waals surface area contributed by atoms with Gasteiger partial charge in [0.15, 0.2) is 0 Å². The molecule has 0 fully saturated rings. The van der Waals surface area contributed by atoms with E-state index in [0.717, 1.165) is 6.20 Å². The standard InChI is InChI=1S/C7H5F4N/c8-2-4-3-12-6(9)1-5(4)7(10)11/h1,3,7H,2H2. The third kappa shape index (κ3) is 1.72. The third-order valence-electron chi connectivity index (χ3n) is 1.37. The predicted octanol–water partition coefficient (Wildman–Crippen LogP) is 2.63. The van der Waals surface area contributed by atoms with E-state index in [9.17, 15) is 17.6 Å². The smallest absolute Gasteiger partial charge is 0.246 e. The lowest BCUT2D eigenvalue weighted by atomic mass is 10.1. The lowest BCUT2D eigenvalue weighted by Crippen LogP contribution is -1.96. The molecular weight excluding hydrogens is 174 g/mol. The predicted molar refractivity (Wildman–Crippen MR) is 34.0 cm³/mol. The molecule has 0 aliphatic rings. The number of hydrogen-bond acceptors (Lipinski definition) is 1. The van der Waals surface area contributed by atoms with Crippen molar-refractivity contribution in [2.45, 2.75) is 13.1 Å². The number of aromatic nitrogens is 1. The highest BCUT2D eigenvalue weighted by molar-refractivity contribution is 5.24. The lowest BCUT2D eigenvalue weighted by Gasteiger charge is -2.03. The van der Waals surface area contributed by atoms with Gasteiger partial charge in [0.25, 0.3) is 6.43 Å². The monoisotopic (exact) mass is 179 g/mol. The van der Waals surface area contributed by atoms with Gasteiger partial charge in [0.05, 0.1) is 0 Å². The molecule has 1 aromatic heterocycles. The summed E-state index contributed by atoms with van der Waals surface area (Å²) in [5, 5.41) is 0. The summed E-state index contributed by atoms with van der Waals surface area (Å²) in [6.45, 7) is -1.06. The SMILES string of the molecule is FCc1cnc(F)cc1C(F)F. The number of nitrogens with zero attached hydrogens (tertiary/aromatic N) is 1. The second kappa shape index (κ2) is 3.51. The second-order valence-corrected chi connectivity index (χ2v) is 2.14. The summed E-state index contributed by atoms with van der Waals surface area (Å²) >= 11 is 0. The van der Waals surface area contributed by atoms with Gasteiger partial charge in [0.2, 0.25) is 5.95 Å². The van der Waals surface area contributed by atoms with Gasteiger partial charge in [0, 0.05) is 23.4 Å². The quantitative estimate of drug-likeness (QED) is 0.502. The zero-order chi connectivity index (χ0) is 9.14. The molecule has 1 nitrogen and oxygen atoms in total. The molecule has 66 valence electrons. The Morgan fingerprint density at radius 1 is 1.42 bits per heavy atom. The maximum atomic E-state index is 12.3. The van der Waals surface area contributed by atoms with Crippen LogP contribution in [0.1, 0.15) is 17.6 Å². The van der Waals surface area contributed by atoms with E-state index in [1.54, 1.807) is 0 Å². The van der Waals surface area contributed by atoms with E-state index in [2.05, 4.69) is 4.98 Å². The molecule has 0 aliphatic carbocycles. The zero-order valence-corrected chi connectivity index (χ0v) is 5.90. The van der Waals surface area contributed by atoms with Gasteiger partial charge in [-0.15, -0.1) is 0 Å². The molecule has 0 spiro atoms. The van der Waals surface area contributed by atoms with Crippen LogP contribution in [0.25, 0.3) is 0 Å². The first-order valence-electron chi connectivity index (χ1n) is 3.13. The van der Waals surface area contributed by atoms with Crippen LogP contribution in [-0.4, -0.2) is 4.98 Å². The first-order chi connectivity index (χ1) is 5.65. The molecule has 0 N–H and O–H groups in total. The van der Waals surface area contributed by atoms with E-state index in [1.165, 1.54) is 0 Å². The highest BCUT2D eigenvalue weighted by Gasteiger charge is 2.14. The Labute approximate surface area is 66.0 Å². The van der Waals surface area contributed by atoms with Gasteiger partial charge in [-0.1, -0.05) is 0 Å². The topological polar surface area (TPSA) is 12.9 Å². The van der Waals surface area contributed by atoms with E-state index >= 15 is 0 Å². The maximum Gasteiger partial charge on any atom is 0.264 e. The average molecular weight is 179 g/mol. The molecule has 0 atom stereocenters. The summed E-state index contributed by atoms with van der Waals surface area (Å²) in [6, 6.07) is 0.541. The number of halogens is 4. The average Bonchev–Trinajstić information content (AvgIpc) is 2.04. The van der Waals surface area contributed by atoms with Gasteiger partial charge in [-0.05, 0) is 0 Å². The van der Waals surface area contributed by atoms with Gasteiger partial charge in [-0.2, -0.15) is 4.39 Å². The highest BCUT2D eigenvalue weighted by Crippen LogP contribution is 2.23. The van der Waals surface area contributed by atoms with Crippen molar-refractivity contribution in [3.05, 3.63) is 29.3 Å². The van der Waals surface area contributed by atoms with Crippen molar-refractivity contribution >= 4 is 0 Å². The summed E-state index contributed by atoms with van der Waals surface area (Å²) in [6.07, 6.45) is -2.09. The molecule has 0 radical (unpaired) electrons. The van der Waals surface area contributed by atoms with E-state index in [4.69, 9.17) is 0 Å². The molecule has 0 bridgehead atoms. The summed E-state index contributed by atoms with van der Waals surface area (Å²) < 4.78 is 48.3. The Balaban J connectivity index is 3.12. The van der Waals surface area contributed by atoms with Crippen LogP contribution in [0.5, 0.6) is 0 Å². The van der Waals surface area contributed by atoms with Gasteiger partial charge in [0.1, 0.15) is 6.67 Å². The summed E-state index contributed by atoms with van der Waals surface area (Å²) in [7, 11) is 0. The summed E-state index contributed by atoms with van der Waals surface area (Å²) in [4.78, 5) is 3.05. The first-order valence-corrected chi connectivity index (χ1v) is 3.13. The third-order valence-corrected chi connectivity index (χ3v) is 1.37. The molecule has 12 heavy (non-hydrogen) atoms. The minimum absolute atomic E-state index is 0.272. The lowest BCUT2D eigenvalue weighted by molar-refractivity contribution is 0.148. The molecule has 0 aliphatic heterocycles. The van der Waals surface area contributed by atoms with Crippen molar-refractivity contribution in [2.75, 3.05) is 0 Å². The Kier molecular flexibility index (Phi) is 2.62. The van der Waals surface area contributed by atoms with Crippen molar-refractivity contribution in [1.29, 1.82) is 0 Å². The van der Waals surface area contributed by atoms with Crippen LogP contribution in [0.4, 0.5) is 17.6 Å². The molecule has 0 aromatic carbocycles. The number of hydrogen-bond donors (Lipinski definition) is 0. The molecule has 1 aromatic rings. The minimum Gasteiger partial charge on any atom is -0.246 e.